The third-order valence-electron chi connectivity index (χ3n) is 3.98. The number of phenolic OH excluding ortho intramolecular Hbond substituents is 1. The first-order valence-corrected chi connectivity index (χ1v) is 7.34. The zero-order chi connectivity index (χ0) is 15.5. The highest BCUT2D eigenvalue weighted by Gasteiger charge is 2.43. The van der Waals surface area contributed by atoms with E-state index in [9.17, 15) is 9.90 Å². The molecule has 1 aliphatic carbocycles. The molecule has 0 aromatic heterocycles. The van der Waals surface area contributed by atoms with Gasteiger partial charge in [0.15, 0.2) is 0 Å². The molecule has 0 aliphatic heterocycles. The number of rotatable bonds is 4. The standard InChI is InChI=1S/C18H18N2O2/c1-12(14-9-5-6-10-17(14)21)19-20-18(22)16-11-15(16)13-7-3-2-4-8-13/h2-10,15-16,21H,11H2,1H3,(H,20,22)/b19-12+/t15-,16+/m0/s1. The lowest BCUT2D eigenvalue weighted by Gasteiger charge is -2.04. The Balaban J connectivity index is 1.62. The number of benzene rings is 2. The molecule has 0 saturated heterocycles. The quantitative estimate of drug-likeness (QED) is 0.672. The Morgan fingerprint density at radius 3 is 2.55 bits per heavy atom. The van der Waals surface area contributed by atoms with E-state index in [0.717, 1.165) is 6.42 Å². The highest BCUT2D eigenvalue weighted by molar-refractivity contribution is 6.01. The first-order valence-electron chi connectivity index (χ1n) is 7.34. The molecule has 3 rings (SSSR count). The number of phenols is 1. The molecule has 0 radical (unpaired) electrons. The lowest BCUT2D eigenvalue weighted by Crippen LogP contribution is -2.21. The lowest BCUT2D eigenvalue weighted by molar-refractivity contribution is -0.122. The van der Waals surface area contributed by atoms with E-state index in [1.165, 1.54) is 5.56 Å². The molecule has 1 fully saturated rings. The SMILES string of the molecule is C/C(=N\NC(=O)[C@@H]1C[C@H]1c1ccccc1)c1ccccc1O. The van der Waals surface area contributed by atoms with Gasteiger partial charge in [0.05, 0.1) is 5.71 Å². The highest BCUT2D eigenvalue weighted by atomic mass is 16.3. The second kappa shape index (κ2) is 6.02. The number of carbonyl (C=O) groups excluding carboxylic acids is 1. The monoisotopic (exact) mass is 294 g/mol. The van der Waals surface area contributed by atoms with Gasteiger partial charge in [-0.1, -0.05) is 42.5 Å². The summed E-state index contributed by atoms with van der Waals surface area (Å²) in [5.41, 5.74) is 5.02. The molecule has 1 saturated carbocycles. The lowest BCUT2D eigenvalue weighted by atomic mass is 10.1. The van der Waals surface area contributed by atoms with Gasteiger partial charge >= 0.3 is 0 Å². The van der Waals surface area contributed by atoms with Crippen molar-refractivity contribution in [1.29, 1.82) is 0 Å². The van der Waals surface area contributed by atoms with Gasteiger partial charge in [-0.2, -0.15) is 5.10 Å². The van der Waals surface area contributed by atoms with Gasteiger partial charge in [-0.05, 0) is 37.0 Å². The highest BCUT2D eigenvalue weighted by Crippen LogP contribution is 2.47. The fraction of sp³-hybridized carbons (Fsp3) is 0.222. The Morgan fingerprint density at radius 2 is 1.82 bits per heavy atom. The van der Waals surface area contributed by atoms with E-state index in [1.54, 1.807) is 25.1 Å². The van der Waals surface area contributed by atoms with Gasteiger partial charge in [0.2, 0.25) is 5.91 Å². The summed E-state index contributed by atoms with van der Waals surface area (Å²) in [7, 11) is 0. The minimum atomic E-state index is -0.0661. The summed E-state index contributed by atoms with van der Waals surface area (Å²) in [6.45, 7) is 1.76. The van der Waals surface area contributed by atoms with Crippen LogP contribution >= 0.6 is 0 Å². The van der Waals surface area contributed by atoms with Crippen LogP contribution in [0.2, 0.25) is 0 Å². The Bertz CT molecular complexity index is 710. The van der Waals surface area contributed by atoms with Crippen LogP contribution in [-0.2, 0) is 4.79 Å². The van der Waals surface area contributed by atoms with E-state index in [-0.39, 0.29) is 17.6 Å². The molecule has 0 bridgehead atoms. The number of carbonyl (C=O) groups is 1. The zero-order valence-corrected chi connectivity index (χ0v) is 12.4. The molecule has 0 spiro atoms. The van der Waals surface area contributed by atoms with Gasteiger partial charge in [-0.15, -0.1) is 0 Å². The Hall–Kier alpha value is -2.62. The van der Waals surface area contributed by atoms with Crippen LogP contribution < -0.4 is 5.43 Å². The molecule has 2 aromatic rings. The number of hydrogen-bond acceptors (Lipinski definition) is 3. The second-order valence-electron chi connectivity index (χ2n) is 5.55. The average molecular weight is 294 g/mol. The summed E-state index contributed by atoms with van der Waals surface area (Å²) in [6.07, 6.45) is 0.862. The van der Waals surface area contributed by atoms with E-state index in [4.69, 9.17) is 0 Å². The number of amides is 1. The average Bonchev–Trinajstić information content (AvgIpc) is 3.34. The molecule has 2 aromatic carbocycles. The molecule has 0 heterocycles. The summed E-state index contributed by atoms with van der Waals surface area (Å²) in [5, 5.41) is 13.9. The summed E-state index contributed by atoms with van der Waals surface area (Å²) in [5.74, 6) is 0.375. The number of nitrogens with zero attached hydrogens (tertiary/aromatic N) is 1. The summed E-state index contributed by atoms with van der Waals surface area (Å²) in [4.78, 5) is 12.1. The Kier molecular flexibility index (Phi) is 3.92. The molecule has 1 amide bonds. The zero-order valence-electron chi connectivity index (χ0n) is 12.4. The predicted octanol–water partition coefficient (Wildman–Crippen LogP) is 3.04. The Labute approximate surface area is 129 Å². The summed E-state index contributed by atoms with van der Waals surface area (Å²) < 4.78 is 0. The summed E-state index contributed by atoms with van der Waals surface area (Å²) >= 11 is 0. The smallest absolute Gasteiger partial charge is 0.243 e. The second-order valence-corrected chi connectivity index (χ2v) is 5.55. The van der Waals surface area contributed by atoms with Crippen LogP contribution in [0.15, 0.2) is 59.7 Å². The van der Waals surface area contributed by atoms with Crippen molar-refractivity contribution in [2.75, 3.05) is 0 Å². The number of aromatic hydroxyl groups is 1. The van der Waals surface area contributed by atoms with E-state index in [0.29, 0.717) is 17.2 Å². The maximum absolute atomic E-state index is 12.1. The van der Waals surface area contributed by atoms with Crippen molar-refractivity contribution in [3.63, 3.8) is 0 Å². The molecule has 1 aliphatic rings. The van der Waals surface area contributed by atoms with Crippen LogP contribution in [0.4, 0.5) is 0 Å². The van der Waals surface area contributed by atoms with Gasteiger partial charge in [0.1, 0.15) is 5.75 Å². The van der Waals surface area contributed by atoms with Crippen LogP contribution in [0, 0.1) is 5.92 Å². The largest absolute Gasteiger partial charge is 0.507 e. The third kappa shape index (κ3) is 3.01. The maximum Gasteiger partial charge on any atom is 0.243 e. The van der Waals surface area contributed by atoms with Crippen LogP contribution in [0.5, 0.6) is 5.75 Å². The van der Waals surface area contributed by atoms with E-state index in [1.807, 2.05) is 24.3 Å². The molecular formula is C18H18N2O2. The van der Waals surface area contributed by atoms with E-state index in [2.05, 4.69) is 22.7 Å². The number of hydrazone groups is 1. The number of hydrogen-bond donors (Lipinski definition) is 2. The third-order valence-corrected chi connectivity index (χ3v) is 3.98. The molecule has 2 atom stereocenters. The van der Waals surface area contributed by atoms with Crippen molar-refractivity contribution in [2.45, 2.75) is 19.3 Å². The van der Waals surface area contributed by atoms with E-state index >= 15 is 0 Å². The molecular weight excluding hydrogens is 276 g/mol. The van der Waals surface area contributed by atoms with Crippen molar-refractivity contribution in [3.8, 4) is 5.75 Å². The van der Waals surface area contributed by atoms with Crippen molar-refractivity contribution in [1.82, 2.24) is 5.43 Å². The molecule has 4 nitrogen and oxygen atoms in total. The normalized spacial score (nSPS) is 20.5. The van der Waals surface area contributed by atoms with Crippen LogP contribution in [0.25, 0.3) is 0 Å². The van der Waals surface area contributed by atoms with Crippen molar-refractivity contribution in [2.24, 2.45) is 11.0 Å². The van der Waals surface area contributed by atoms with Gasteiger partial charge in [0, 0.05) is 11.5 Å². The first kappa shape index (κ1) is 14.3. The van der Waals surface area contributed by atoms with Crippen molar-refractivity contribution < 1.29 is 9.90 Å². The number of para-hydroxylation sites is 1. The molecule has 0 unspecified atom stereocenters. The fourth-order valence-corrected chi connectivity index (χ4v) is 2.62. The van der Waals surface area contributed by atoms with Gasteiger partial charge in [-0.3, -0.25) is 4.79 Å². The van der Waals surface area contributed by atoms with Crippen LogP contribution in [-0.4, -0.2) is 16.7 Å². The molecule has 4 heteroatoms. The fourth-order valence-electron chi connectivity index (χ4n) is 2.62. The van der Waals surface area contributed by atoms with E-state index < -0.39 is 0 Å². The number of nitrogens with one attached hydrogen (secondary N) is 1. The molecule has 2 N–H and O–H groups in total. The van der Waals surface area contributed by atoms with Gasteiger partial charge < -0.3 is 5.11 Å². The van der Waals surface area contributed by atoms with Crippen LogP contribution in [0.1, 0.15) is 30.4 Å². The molecule has 22 heavy (non-hydrogen) atoms. The summed E-state index contributed by atoms with van der Waals surface area (Å²) in [6, 6.07) is 17.0. The van der Waals surface area contributed by atoms with Gasteiger partial charge in [0.25, 0.3) is 0 Å². The predicted molar refractivity (Wildman–Crippen MR) is 85.8 cm³/mol. The minimum Gasteiger partial charge on any atom is -0.507 e. The van der Waals surface area contributed by atoms with Crippen molar-refractivity contribution in [3.05, 3.63) is 65.7 Å². The van der Waals surface area contributed by atoms with Crippen molar-refractivity contribution >= 4 is 11.6 Å². The van der Waals surface area contributed by atoms with Gasteiger partial charge in [-0.25, -0.2) is 5.43 Å². The molecule has 112 valence electrons. The van der Waals surface area contributed by atoms with Crippen LogP contribution in [0.3, 0.4) is 0 Å². The Morgan fingerprint density at radius 1 is 1.14 bits per heavy atom. The maximum atomic E-state index is 12.1. The minimum absolute atomic E-state index is 0.0108. The first-order chi connectivity index (χ1) is 10.7. The topological polar surface area (TPSA) is 61.7 Å².